The summed E-state index contributed by atoms with van der Waals surface area (Å²) in [5, 5.41) is 0. The summed E-state index contributed by atoms with van der Waals surface area (Å²) < 4.78 is 13.5. The quantitative estimate of drug-likeness (QED) is 0.794. The molecule has 2 N–H and O–H groups in total. The molecule has 0 aromatic heterocycles. The van der Waals surface area contributed by atoms with E-state index in [1.165, 1.54) is 6.07 Å². The molecule has 0 heterocycles. The van der Waals surface area contributed by atoms with Gasteiger partial charge in [0.25, 0.3) is 0 Å². The second-order valence-electron chi connectivity index (χ2n) is 5.25. The number of nitrogens with zero attached hydrogens (tertiary/aromatic N) is 1. The maximum atomic E-state index is 13.5. The maximum Gasteiger partial charge on any atom is 0.123 e. The normalized spacial score (nSPS) is 16.1. The molecular weight excluding hydrogens is 271 g/mol. The van der Waals surface area contributed by atoms with E-state index in [1.807, 2.05) is 17.8 Å². The molecule has 4 heteroatoms. The number of benzene rings is 1. The predicted octanol–water partition coefficient (Wildman–Crippen LogP) is 3.68. The highest BCUT2D eigenvalue weighted by Gasteiger charge is 2.27. The van der Waals surface area contributed by atoms with Gasteiger partial charge in [-0.1, -0.05) is 26.0 Å². The predicted molar refractivity (Wildman–Crippen MR) is 87.6 cm³/mol. The Kier molecular flexibility index (Phi) is 7.56. The number of nitrogens with two attached hydrogens (primary N) is 1. The molecule has 0 aliphatic heterocycles. The molecule has 0 bridgehead atoms. The van der Waals surface area contributed by atoms with Crippen LogP contribution in [0, 0.1) is 5.82 Å². The molecule has 1 aromatic carbocycles. The molecular formula is C16H27FN2S. The van der Waals surface area contributed by atoms with Crippen molar-refractivity contribution in [1.82, 2.24) is 4.90 Å². The summed E-state index contributed by atoms with van der Waals surface area (Å²) in [5.74, 6) is 0.872. The summed E-state index contributed by atoms with van der Waals surface area (Å²) in [6, 6.07) is 7.37. The standard InChI is InChI=1S/C16H27FN2S/c1-5-14(11-20-4)19(3)16(15(18)6-2)12-8-7-9-13(17)10-12/h7-10,14-16H,5-6,11,18H2,1-4H3. The highest BCUT2D eigenvalue weighted by molar-refractivity contribution is 7.98. The van der Waals surface area contributed by atoms with Gasteiger partial charge in [0, 0.05) is 23.9 Å². The zero-order chi connectivity index (χ0) is 15.1. The number of hydrogen-bond acceptors (Lipinski definition) is 3. The van der Waals surface area contributed by atoms with Crippen LogP contribution in [0.25, 0.3) is 0 Å². The van der Waals surface area contributed by atoms with Gasteiger partial charge in [0.15, 0.2) is 0 Å². The third-order valence-electron chi connectivity index (χ3n) is 3.91. The van der Waals surface area contributed by atoms with Crippen molar-refractivity contribution >= 4 is 11.8 Å². The van der Waals surface area contributed by atoms with Crippen molar-refractivity contribution in [3.8, 4) is 0 Å². The minimum atomic E-state index is -0.192. The third kappa shape index (κ3) is 4.47. The largest absolute Gasteiger partial charge is 0.326 e. The van der Waals surface area contributed by atoms with Gasteiger partial charge >= 0.3 is 0 Å². The van der Waals surface area contributed by atoms with Crippen LogP contribution >= 0.6 is 11.8 Å². The van der Waals surface area contributed by atoms with Crippen molar-refractivity contribution < 1.29 is 4.39 Å². The van der Waals surface area contributed by atoms with Gasteiger partial charge in [-0.3, -0.25) is 4.90 Å². The van der Waals surface area contributed by atoms with E-state index in [1.54, 1.807) is 12.1 Å². The average molecular weight is 298 g/mol. The van der Waals surface area contributed by atoms with Gasteiger partial charge < -0.3 is 5.73 Å². The molecule has 1 rings (SSSR count). The maximum absolute atomic E-state index is 13.5. The lowest BCUT2D eigenvalue weighted by atomic mass is 9.95. The number of thioether (sulfide) groups is 1. The molecule has 0 saturated carbocycles. The molecule has 2 nitrogen and oxygen atoms in total. The molecule has 3 unspecified atom stereocenters. The Morgan fingerprint density at radius 1 is 1.30 bits per heavy atom. The Bertz CT molecular complexity index is 400. The lowest BCUT2D eigenvalue weighted by Gasteiger charge is -2.38. The highest BCUT2D eigenvalue weighted by atomic mass is 32.2. The van der Waals surface area contributed by atoms with Gasteiger partial charge in [-0.15, -0.1) is 0 Å². The Labute approximate surface area is 126 Å². The Morgan fingerprint density at radius 3 is 2.50 bits per heavy atom. The van der Waals surface area contributed by atoms with Crippen LogP contribution in [0.3, 0.4) is 0 Å². The summed E-state index contributed by atoms with van der Waals surface area (Å²) >= 11 is 1.84. The molecule has 0 amide bonds. The third-order valence-corrected chi connectivity index (χ3v) is 4.63. The van der Waals surface area contributed by atoms with E-state index in [0.717, 1.165) is 24.2 Å². The van der Waals surface area contributed by atoms with Gasteiger partial charge in [0.2, 0.25) is 0 Å². The van der Waals surface area contributed by atoms with Crippen molar-refractivity contribution in [3.63, 3.8) is 0 Å². The monoisotopic (exact) mass is 298 g/mol. The van der Waals surface area contributed by atoms with Crippen LogP contribution in [0.5, 0.6) is 0 Å². The summed E-state index contributed by atoms with van der Waals surface area (Å²) in [7, 11) is 2.11. The molecule has 114 valence electrons. The average Bonchev–Trinajstić information content (AvgIpc) is 2.44. The minimum Gasteiger partial charge on any atom is -0.326 e. The molecule has 0 spiro atoms. The first-order valence-electron chi connectivity index (χ1n) is 7.27. The van der Waals surface area contributed by atoms with E-state index in [-0.39, 0.29) is 17.9 Å². The van der Waals surface area contributed by atoms with Gasteiger partial charge in [-0.05, 0) is 43.8 Å². The van der Waals surface area contributed by atoms with Crippen molar-refractivity contribution in [3.05, 3.63) is 35.6 Å². The van der Waals surface area contributed by atoms with Crippen molar-refractivity contribution in [2.45, 2.75) is 44.8 Å². The lowest BCUT2D eigenvalue weighted by molar-refractivity contribution is 0.157. The van der Waals surface area contributed by atoms with E-state index in [9.17, 15) is 4.39 Å². The van der Waals surface area contributed by atoms with Gasteiger partial charge in [0.1, 0.15) is 5.82 Å². The number of rotatable bonds is 8. The fourth-order valence-corrected chi connectivity index (χ4v) is 3.50. The molecule has 0 aliphatic rings. The first-order chi connectivity index (χ1) is 9.54. The van der Waals surface area contributed by atoms with Crippen LogP contribution in [0.15, 0.2) is 24.3 Å². The zero-order valence-electron chi connectivity index (χ0n) is 13.0. The molecule has 20 heavy (non-hydrogen) atoms. The number of hydrogen-bond donors (Lipinski definition) is 1. The highest BCUT2D eigenvalue weighted by Crippen LogP contribution is 2.28. The summed E-state index contributed by atoms with van der Waals surface area (Å²) in [4.78, 5) is 2.32. The molecule has 0 saturated heterocycles. The fourth-order valence-electron chi connectivity index (χ4n) is 2.64. The Morgan fingerprint density at radius 2 is 2.00 bits per heavy atom. The molecule has 0 radical (unpaired) electrons. The summed E-state index contributed by atoms with van der Waals surface area (Å²) in [6.07, 6.45) is 4.06. The summed E-state index contributed by atoms with van der Waals surface area (Å²) in [6.45, 7) is 4.28. The van der Waals surface area contributed by atoms with Gasteiger partial charge in [-0.2, -0.15) is 11.8 Å². The first-order valence-corrected chi connectivity index (χ1v) is 8.66. The molecule has 3 atom stereocenters. The van der Waals surface area contributed by atoms with Crippen molar-refractivity contribution in [2.75, 3.05) is 19.1 Å². The van der Waals surface area contributed by atoms with E-state index in [4.69, 9.17) is 5.73 Å². The van der Waals surface area contributed by atoms with Crippen LogP contribution in [-0.4, -0.2) is 36.0 Å². The number of likely N-dealkylation sites (N-methyl/N-ethyl adjacent to an activating group) is 1. The smallest absolute Gasteiger partial charge is 0.123 e. The second-order valence-corrected chi connectivity index (χ2v) is 6.17. The van der Waals surface area contributed by atoms with E-state index in [0.29, 0.717) is 6.04 Å². The summed E-state index contributed by atoms with van der Waals surface area (Å²) in [5.41, 5.74) is 7.29. The van der Waals surface area contributed by atoms with Gasteiger partial charge in [-0.25, -0.2) is 4.39 Å². The number of halogens is 1. The van der Waals surface area contributed by atoms with Crippen LogP contribution < -0.4 is 5.73 Å². The Hall–Kier alpha value is -0.580. The van der Waals surface area contributed by atoms with E-state index in [2.05, 4.69) is 32.1 Å². The lowest BCUT2D eigenvalue weighted by Crippen LogP contribution is -2.44. The topological polar surface area (TPSA) is 29.3 Å². The van der Waals surface area contributed by atoms with Crippen LogP contribution in [0.4, 0.5) is 4.39 Å². The molecule has 1 aromatic rings. The molecule has 0 aliphatic carbocycles. The van der Waals surface area contributed by atoms with E-state index >= 15 is 0 Å². The van der Waals surface area contributed by atoms with Crippen molar-refractivity contribution in [1.29, 1.82) is 0 Å². The van der Waals surface area contributed by atoms with Crippen LogP contribution in [0.1, 0.15) is 38.3 Å². The van der Waals surface area contributed by atoms with Crippen LogP contribution in [-0.2, 0) is 0 Å². The molecule has 0 fully saturated rings. The fraction of sp³-hybridized carbons (Fsp3) is 0.625. The zero-order valence-corrected chi connectivity index (χ0v) is 13.8. The minimum absolute atomic E-state index is 0.0118. The van der Waals surface area contributed by atoms with Gasteiger partial charge in [0.05, 0.1) is 0 Å². The Balaban J connectivity index is 3.05. The SMILES string of the molecule is CCC(N)C(c1cccc(F)c1)N(C)C(CC)CSC. The first kappa shape index (κ1) is 17.5. The second kappa shape index (κ2) is 8.65. The van der Waals surface area contributed by atoms with Crippen LogP contribution in [0.2, 0.25) is 0 Å². The van der Waals surface area contributed by atoms with Crippen molar-refractivity contribution in [2.24, 2.45) is 5.73 Å². The van der Waals surface area contributed by atoms with E-state index < -0.39 is 0 Å².